The summed E-state index contributed by atoms with van der Waals surface area (Å²) < 4.78 is 5.33. The number of methoxy groups -OCH3 is 1. The molecule has 0 aromatic heterocycles. The molecular formula is C18H26N2O3. The van der Waals surface area contributed by atoms with Gasteiger partial charge in [0, 0.05) is 45.1 Å². The fourth-order valence-electron chi connectivity index (χ4n) is 2.92. The molecule has 0 N–H and O–H groups in total. The van der Waals surface area contributed by atoms with E-state index in [0.717, 1.165) is 37.2 Å². The summed E-state index contributed by atoms with van der Waals surface area (Å²) in [6.07, 6.45) is 3.76. The van der Waals surface area contributed by atoms with Crippen LogP contribution in [-0.2, 0) is 16.1 Å². The minimum absolute atomic E-state index is 0.0256. The van der Waals surface area contributed by atoms with E-state index in [-0.39, 0.29) is 11.8 Å². The van der Waals surface area contributed by atoms with E-state index in [4.69, 9.17) is 4.74 Å². The number of amides is 2. The average molecular weight is 318 g/mol. The van der Waals surface area contributed by atoms with Crippen LogP contribution in [0.1, 0.15) is 38.2 Å². The number of rotatable bonds is 6. The Hall–Kier alpha value is -2.04. The van der Waals surface area contributed by atoms with E-state index in [9.17, 15) is 9.59 Å². The van der Waals surface area contributed by atoms with Crippen LogP contribution >= 0.6 is 0 Å². The molecule has 5 nitrogen and oxygen atoms in total. The lowest BCUT2D eigenvalue weighted by Gasteiger charge is -2.28. The molecule has 126 valence electrons. The molecule has 0 saturated carbocycles. The number of piperidine rings is 1. The number of likely N-dealkylation sites (tertiary alicyclic amines) is 1. The third-order valence-corrected chi connectivity index (χ3v) is 4.30. The molecule has 1 saturated heterocycles. The van der Waals surface area contributed by atoms with Gasteiger partial charge >= 0.3 is 0 Å². The fraction of sp³-hybridized carbons (Fsp3) is 0.556. The third-order valence-electron chi connectivity index (χ3n) is 4.30. The Bertz CT molecular complexity index is 539. The fourth-order valence-corrected chi connectivity index (χ4v) is 2.92. The number of hydrogen-bond acceptors (Lipinski definition) is 3. The zero-order valence-corrected chi connectivity index (χ0v) is 14.1. The molecule has 0 radical (unpaired) electrons. The number of carbonyl (C=O) groups excluding carboxylic acids is 2. The first-order valence-electron chi connectivity index (χ1n) is 8.27. The molecule has 23 heavy (non-hydrogen) atoms. The van der Waals surface area contributed by atoms with Crippen LogP contribution in [0.3, 0.4) is 0 Å². The van der Waals surface area contributed by atoms with Crippen LogP contribution in [0.4, 0.5) is 0 Å². The van der Waals surface area contributed by atoms with Crippen LogP contribution in [0, 0.1) is 0 Å². The van der Waals surface area contributed by atoms with Crippen LogP contribution < -0.4 is 4.74 Å². The van der Waals surface area contributed by atoms with Gasteiger partial charge in [-0.15, -0.1) is 0 Å². The van der Waals surface area contributed by atoms with E-state index >= 15 is 0 Å². The van der Waals surface area contributed by atoms with Gasteiger partial charge in [0.05, 0.1) is 7.11 Å². The van der Waals surface area contributed by atoms with Crippen molar-refractivity contribution in [1.82, 2.24) is 9.80 Å². The Morgan fingerprint density at radius 1 is 1.17 bits per heavy atom. The van der Waals surface area contributed by atoms with Crippen molar-refractivity contribution in [2.75, 3.05) is 26.7 Å². The lowest BCUT2D eigenvalue weighted by molar-refractivity contribution is -0.134. The Morgan fingerprint density at radius 2 is 1.87 bits per heavy atom. The van der Waals surface area contributed by atoms with E-state index < -0.39 is 0 Å². The van der Waals surface area contributed by atoms with E-state index in [2.05, 4.69) is 0 Å². The first-order chi connectivity index (χ1) is 11.1. The molecule has 1 aromatic rings. The second-order valence-corrected chi connectivity index (χ2v) is 5.94. The highest BCUT2D eigenvalue weighted by molar-refractivity contribution is 5.78. The lowest BCUT2D eigenvalue weighted by atomic mass is 10.1. The molecule has 1 aliphatic heterocycles. The summed E-state index contributed by atoms with van der Waals surface area (Å²) in [5.74, 6) is 0.888. The monoisotopic (exact) mass is 318 g/mol. The quantitative estimate of drug-likeness (QED) is 0.809. The van der Waals surface area contributed by atoms with Gasteiger partial charge in [-0.3, -0.25) is 9.59 Å². The second kappa shape index (κ2) is 8.56. The molecule has 2 rings (SSSR count). The van der Waals surface area contributed by atoms with Crippen molar-refractivity contribution in [3.05, 3.63) is 29.8 Å². The average Bonchev–Trinajstić information content (AvgIpc) is 2.59. The van der Waals surface area contributed by atoms with Crippen LogP contribution in [0.2, 0.25) is 0 Å². The summed E-state index contributed by atoms with van der Waals surface area (Å²) in [6.45, 7) is 4.16. The van der Waals surface area contributed by atoms with E-state index in [1.165, 1.54) is 6.42 Å². The molecule has 2 amide bonds. The van der Waals surface area contributed by atoms with Crippen LogP contribution in [0.5, 0.6) is 5.75 Å². The summed E-state index contributed by atoms with van der Waals surface area (Å²) >= 11 is 0. The summed E-state index contributed by atoms with van der Waals surface area (Å²) in [4.78, 5) is 27.8. The maximum atomic E-state index is 12.3. The van der Waals surface area contributed by atoms with Gasteiger partial charge in [0.25, 0.3) is 0 Å². The van der Waals surface area contributed by atoms with Gasteiger partial charge in [-0.1, -0.05) is 18.2 Å². The highest BCUT2D eigenvalue weighted by atomic mass is 16.5. The summed E-state index contributed by atoms with van der Waals surface area (Å²) in [5, 5.41) is 0. The zero-order chi connectivity index (χ0) is 16.7. The Kier molecular flexibility index (Phi) is 6.44. The smallest absolute Gasteiger partial charge is 0.224 e. The van der Waals surface area contributed by atoms with Gasteiger partial charge in [-0.25, -0.2) is 0 Å². The molecule has 1 aromatic carbocycles. The Labute approximate surface area is 138 Å². The van der Waals surface area contributed by atoms with Crippen molar-refractivity contribution >= 4 is 11.8 Å². The van der Waals surface area contributed by atoms with Crippen molar-refractivity contribution < 1.29 is 14.3 Å². The second-order valence-electron chi connectivity index (χ2n) is 5.94. The van der Waals surface area contributed by atoms with Crippen molar-refractivity contribution in [2.24, 2.45) is 0 Å². The first-order valence-corrected chi connectivity index (χ1v) is 8.27. The summed E-state index contributed by atoms with van der Waals surface area (Å²) in [6, 6.07) is 7.66. The summed E-state index contributed by atoms with van der Waals surface area (Å²) in [5.41, 5.74) is 0.954. The summed E-state index contributed by atoms with van der Waals surface area (Å²) in [7, 11) is 1.62. The van der Waals surface area contributed by atoms with Crippen LogP contribution in [0.25, 0.3) is 0 Å². The SMILES string of the molecule is COc1ccccc1CN(CCC(=O)N1CCCCC1)C(C)=O. The maximum absolute atomic E-state index is 12.3. The minimum atomic E-state index is -0.0256. The van der Waals surface area contributed by atoms with Crippen molar-refractivity contribution in [3.8, 4) is 5.75 Å². The topological polar surface area (TPSA) is 49.9 Å². The first kappa shape index (κ1) is 17.3. The standard InChI is InChI=1S/C18H26N2O3/c1-15(21)20(14-16-8-4-5-9-17(16)23-2)13-10-18(22)19-11-6-3-7-12-19/h4-5,8-9H,3,6-7,10-14H2,1-2H3. The minimum Gasteiger partial charge on any atom is -0.496 e. The van der Waals surface area contributed by atoms with Crippen molar-refractivity contribution in [2.45, 2.75) is 39.2 Å². The number of para-hydroxylation sites is 1. The molecule has 1 fully saturated rings. The number of ether oxygens (including phenoxy) is 1. The lowest BCUT2D eigenvalue weighted by Crippen LogP contribution is -2.38. The molecule has 0 bridgehead atoms. The van der Waals surface area contributed by atoms with E-state index in [1.54, 1.807) is 18.9 Å². The van der Waals surface area contributed by atoms with Crippen molar-refractivity contribution in [1.29, 1.82) is 0 Å². The molecular weight excluding hydrogens is 292 g/mol. The van der Waals surface area contributed by atoms with Gasteiger partial charge in [-0.05, 0) is 25.3 Å². The number of nitrogens with zero attached hydrogens (tertiary/aromatic N) is 2. The van der Waals surface area contributed by atoms with Gasteiger partial charge in [-0.2, -0.15) is 0 Å². The molecule has 0 atom stereocenters. The highest BCUT2D eigenvalue weighted by Crippen LogP contribution is 2.19. The predicted octanol–water partition coefficient (Wildman–Crippen LogP) is 2.45. The van der Waals surface area contributed by atoms with E-state index in [0.29, 0.717) is 19.5 Å². The largest absolute Gasteiger partial charge is 0.496 e. The highest BCUT2D eigenvalue weighted by Gasteiger charge is 2.19. The Balaban J connectivity index is 1.93. The van der Waals surface area contributed by atoms with Gasteiger partial charge in [0.15, 0.2) is 0 Å². The van der Waals surface area contributed by atoms with Gasteiger partial charge < -0.3 is 14.5 Å². The van der Waals surface area contributed by atoms with Crippen molar-refractivity contribution in [3.63, 3.8) is 0 Å². The molecule has 0 unspecified atom stereocenters. The molecule has 1 aliphatic rings. The van der Waals surface area contributed by atoms with Crippen LogP contribution in [0.15, 0.2) is 24.3 Å². The normalized spacial score (nSPS) is 14.4. The Morgan fingerprint density at radius 3 is 2.52 bits per heavy atom. The van der Waals surface area contributed by atoms with Gasteiger partial charge in [0.1, 0.15) is 5.75 Å². The maximum Gasteiger partial charge on any atom is 0.224 e. The molecule has 1 heterocycles. The zero-order valence-electron chi connectivity index (χ0n) is 14.1. The van der Waals surface area contributed by atoms with Crippen LogP contribution in [-0.4, -0.2) is 48.4 Å². The number of benzene rings is 1. The number of hydrogen-bond donors (Lipinski definition) is 0. The molecule has 0 aliphatic carbocycles. The van der Waals surface area contributed by atoms with Gasteiger partial charge in [0.2, 0.25) is 11.8 Å². The van der Waals surface area contributed by atoms with E-state index in [1.807, 2.05) is 29.2 Å². The molecule has 5 heteroatoms. The number of carbonyl (C=O) groups is 2. The predicted molar refractivity (Wildman–Crippen MR) is 89.1 cm³/mol. The molecule has 0 spiro atoms. The third kappa shape index (κ3) is 4.98.